The predicted octanol–water partition coefficient (Wildman–Crippen LogP) is 1.99. The molecule has 0 saturated heterocycles. The van der Waals surface area contributed by atoms with Gasteiger partial charge in [0.1, 0.15) is 10.8 Å². The van der Waals surface area contributed by atoms with Crippen LogP contribution in [0.3, 0.4) is 0 Å². The van der Waals surface area contributed by atoms with Gasteiger partial charge in [0.2, 0.25) is 0 Å². The van der Waals surface area contributed by atoms with Crippen LogP contribution in [-0.2, 0) is 0 Å². The standard InChI is InChI=1S/C13H18N4OS/c1-13(2,18)8-17(3)12-10(11(14)16-19-12)9-4-6-15-7-5-9/h4-7,18H,8H2,1-3H3,(H2,14,16). The normalized spacial score (nSPS) is 11.6. The van der Waals surface area contributed by atoms with E-state index in [1.165, 1.54) is 11.5 Å². The summed E-state index contributed by atoms with van der Waals surface area (Å²) in [7, 11) is 1.93. The topological polar surface area (TPSA) is 75.3 Å². The molecule has 6 heteroatoms. The van der Waals surface area contributed by atoms with Gasteiger partial charge in [-0.1, -0.05) is 0 Å². The van der Waals surface area contributed by atoms with E-state index < -0.39 is 5.60 Å². The molecular weight excluding hydrogens is 260 g/mol. The Hall–Kier alpha value is -1.66. The molecule has 3 N–H and O–H groups in total. The molecule has 2 heterocycles. The molecule has 0 amide bonds. The third-order valence-electron chi connectivity index (χ3n) is 2.64. The van der Waals surface area contributed by atoms with Crippen LogP contribution in [-0.4, -0.2) is 33.7 Å². The highest BCUT2D eigenvalue weighted by atomic mass is 32.1. The lowest BCUT2D eigenvalue weighted by atomic mass is 10.1. The molecule has 102 valence electrons. The lowest BCUT2D eigenvalue weighted by Crippen LogP contribution is -2.36. The van der Waals surface area contributed by atoms with E-state index in [1.807, 2.05) is 24.1 Å². The zero-order valence-electron chi connectivity index (χ0n) is 11.3. The Morgan fingerprint density at radius 1 is 1.37 bits per heavy atom. The molecule has 2 rings (SSSR count). The minimum atomic E-state index is -0.775. The fourth-order valence-electron chi connectivity index (χ4n) is 2.00. The molecule has 0 aliphatic rings. The molecule has 0 spiro atoms. The number of hydrogen-bond donors (Lipinski definition) is 2. The van der Waals surface area contributed by atoms with Crippen LogP contribution in [0.2, 0.25) is 0 Å². The van der Waals surface area contributed by atoms with Crippen LogP contribution in [0, 0.1) is 0 Å². The molecular formula is C13H18N4OS. The summed E-state index contributed by atoms with van der Waals surface area (Å²) >= 11 is 1.34. The quantitative estimate of drug-likeness (QED) is 0.894. The lowest BCUT2D eigenvalue weighted by molar-refractivity contribution is 0.0888. The van der Waals surface area contributed by atoms with Gasteiger partial charge in [0.25, 0.3) is 0 Å². The maximum absolute atomic E-state index is 9.92. The van der Waals surface area contributed by atoms with Crippen LogP contribution in [0.25, 0.3) is 11.1 Å². The second-order valence-corrected chi connectivity index (χ2v) is 5.90. The number of nitrogens with zero attached hydrogens (tertiary/aromatic N) is 3. The summed E-state index contributed by atoms with van der Waals surface area (Å²) in [5.41, 5.74) is 7.08. The van der Waals surface area contributed by atoms with Gasteiger partial charge in [0, 0.05) is 26.0 Å². The van der Waals surface area contributed by atoms with Crippen molar-refractivity contribution in [2.24, 2.45) is 0 Å². The first kappa shape index (κ1) is 13.8. The van der Waals surface area contributed by atoms with Crippen molar-refractivity contribution in [3.8, 4) is 11.1 Å². The molecule has 0 fully saturated rings. The smallest absolute Gasteiger partial charge is 0.147 e. The number of nitrogens with two attached hydrogens (primary N) is 1. The van der Waals surface area contributed by atoms with Crippen molar-refractivity contribution >= 4 is 22.4 Å². The minimum Gasteiger partial charge on any atom is -0.389 e. The highest BCUT2D eigenvalue weighted by Crippen LogP contribution is 2.38. The summed E-state index contributed by atoms with van der Waals surface area (Å²) < 4.78 is 4.22. The van der Waals surface area contributed by atoms with E-state index >= 15 is 0 Å². The Morgan fingerprint density at radius 3 is 2.58 bits per heavy atom. The number of pyridine rings is 1. The van der Waals surface area contributed by atoms with Crippen LogP contribution in [0.1, 0.15) is 13.8 Å². The first-order valence-electron chi connectivity index (χ1n) is 5.97. The Bertz CT molecular complexity index is 548. The monoisotopic (exact) mass is 278 g/mol. The molecule has 0 bridgehead atoms. The number of nitrogen functional groups attached to an aromatic ring is 1. The van der Waals surface area contributed by atoms with Gasteiger partial charge in [-0.15, -0.1) is 0 Å². The van der Waals surface area contributed by atoms with Crippen molar-refractivity contribution in [2.75, 3.05) is 24.2 Å². The first-order chi connectivity index (χ1) is 8.88. The molecule has 0 atom stereocenters. The fraction of sp³-hybridized carbons (Fsp3) is 0.385. The van der Waals surface area contributed by atoms with Crippen LogP contribution < -0.4 is 10.6 Å². The number of rotatable bonds is 4. The van der Waals surface area contributed by atoms with E-state index in [9.17, 15) is 5.11 Å². The van der Waals surface area contributed by atoms with E-state index in [0.717, 1.165) is 16.1 Å². The van der Waals surface area contributed by atoms with Crippen molar-refractivity contribution < 1.29 is 5.11 Å². The maximum atomic E-state index is 9.92. The fourth-order valence-corrected chi connectivity index (χ4v) is 2.79. The Labute approximate surface area is 116 Å². The Kier molecular flexibility index (Phi) is 3.73. The summed E-state index contributed by atoms with van der Waals surface area (Å²) in [5.74, 6) is 0.508. The maximum Gasteiger partial charge on any atom is 0.147 e. The number of anilines is 2. The predicted molar refractivity (Wildman–Crippen MR) is 79.3 cm³/mol. The van der Waals surface area contributed by atoms with Gasteiger partial charge >= 0.3 is 0 Å². The van der Waals surface area contributed by atoms with Crippen molar-refractivity contribution in [3.63, 3.8) is 0 Å². The third kappa shape index (κ3) is 3.21. The number of likely N-dealkylation sites (N-methyl/N-ethyl adjacent to an activating group) is 1. The Balaban J connectivity index is 2.38. The molecule has 0 aromatic carbocycles. The van der Waals surface area contributed by atoms with E-state index in [1.54, 1.807) is 26.2 Å². The molecule has 0 aliphatic heterocycles. The van der Waals surface area contributed by atoms with Crippen LogP contribution in [0.4, 0.5) is 10.8 Å². The molecule has 2 aromatic rings. The van der Waals surface area contributed by atoms with Gasteiger partial charge in [-0.05, 0) is 43.1 Å². The molecule has 2 aromatic heterocycles. The summed E-state index contributed by atoms with van der Waals surface area (Å²) in [5, 5.41) is 10.9. The Morgan fingerprint density at radius 2 is 2.00 bits per heavy atom. The molecule has 0 unspecified atom stereocenters. The average Bonchev–Trinajstić information content (AvgIpc) is 2.70. The molecule has 19 heavy (non-hydrogen) atoms. The summed E-state index contributed by atoms with van der Waals surface area (Å²) in [6.07, 6.45) is 3.46. The summed E-state index contributed by atoms with van der Waals surface area (Å²) in [4.78, 5) is 5.98. The zero-order chi connectivity index (χ0) is 14.0. The second-order valence-electron chi connectivity index (χ2n) is 5.15. The van der Waals surface area contributed by atoms with E-state index in [2.05, 4.69) is 9.36 Å². The van der Waals surface area contributed by atoms with Crippen LogP contribution >= 0.6 is 11.5 Å². The highest BCUT2D eigenvalue weighted by molar-refractivity contribution is 7.11. The van der Waals surface area contributed by atoms with Crippen LogP contribution in [0.5, 0.6) is 0 Å². The van der Waals surface area contributed by atoms with E-state index in [-0.39, 0.29) is 0 Å². The van der Waals surface area contributed by atoms with Gasteiger partial charge < -0.3 is 15.7 Å². The van der Waals surface area contributed by atoms with Crippen molar-refractivity contribution in [2.45, 2.75) is 19.4 Å². The van der Waals surface area contributed by atoms with Gasteiger partial charge in [-0.2, -0.15) is 4.37 Å². The number of aromatic nitrogens is 2. The van der Waals surface area contributed by atoms with Crippen molar-refractivity contribution in [1.29, 1.82) is 0 Å². The van der Waals surface area contributed by atoms with Crippen molar-refractivity contribution in [3.05, 3.63) is 24.5 Å². The SMILES string of the molecule is CN(CC(C)(C)O)c1snc(N)c1-c1ccncc1. The molecule has 0 radical (unpaired) electrons. The number of aliphatic hydroxyl groups is 1. The van der Waals surface area contributed by atoms with Gasteiger partial charge in [0.15, 0.2) is 0 Å². The van der Waals surface area contributed by atoms with E-state index in [0.29, 0.717) is 12.4 Å². The lowest BCUT2D eigenvalue weighted by Gasteiger charge is -2.26. The minimum absolute atomic E-state index is 0.507. The molecule has 5 nitrogen and oxygen atoms in total. The first-order valence-corrected chi connectivity index (χ1v) is 6.75. The zero-order valence-corrected chi connectivity index (χ0v) is 12.1. The van der Waals surface area contributed by atoms with Crippen LogP contribution in [0.15, 0.2) is 24.5 Å². The van der Waals surface area contributed by atoms with Gasteiger partial charge in [-0.3, -0.25) is 4.98 Å². The summed E-state index contributed by atoms with van der Waals surface area (Å²) in [6.45, 7) is 4.06. The molecule has 0 aliphatic carbocycles. The molecule has 0 saturated carbocycles. The second kappa shape index (κ2) is 5.14. The van der Waals surface area contributed by atoms with Crippen molar-refractivity contribution in [1.82, 2.24) is 9.36 Å². The van der Waals surface area contributed by atoms with Gasteiger partial charge in [-0.25, -0.2) is 0 Å². The summed E-state index contributed by atoms with van der Waals surface area (Å²) in [6, 6.07) is 3.81. The third-order valence-corrected chi connectivity index (χ3v) is 3.62. The number of hydrogen-bond acceptors (Lipinski definition) is 6. The average molecular weight is 278 g/mol. The largest absolute Gasteiger partial charge is 0.389 e. The van der Waals surface area contributed by atoms with E-state index in [4.69, 9.17) is 5.73 Å². The highest BCUT2D eigenvalue weighted by Gasteiger charge is 2.21. The van der Waals surface area contributed by atoms with Gasteiger partial charge in [0.05, 0.1) is 11.2 Å².